The molecule has 0 saturated heterocycles. The molecule has 1 aromatic carbocycles. The molecule has 88 valence electrons. The Morgan fingerprint density at radius 2 is 2.00 bits per heavy atom. The van der Waals surface area contributed by atoms with Gasteiger partial charge in [0.1, 0.15) is 6.04 Å². The van der Waals surface area contributed by atoms with Gasteiger partial charge in [0, 0.05) is 0 Å². The van der Waals surface area contributed by atoms with Crippen LogP contribution in [-0.4, -0.2) is 28.8 Å². The molecule has 1 rings (SSSR count). The third-order valence-electron chi connectivity index (χ3n) is 2.49. The van der Waals surface area contributed by atoms with E-state index in [1.807, 2.05) is 30.3 Å². The normalized spacial score (nSPS) is 14.4. The highest BCUT2D eigenvalue weighted by atomic mass is 16.4. The van der Waals surface area contributed by atoms with E-state index in [9.17, 15) is 9.90 Å². The molecule has 3 N–H and O–H groups in total. The lowest BCUT2D eigenvalue weighted by Gasteiger charge is -2.21. The summed E-state index contributed by atoms with van der Waals surface area (Å²) in [6.07, 6.45) is 0.485. The molecule has 0 aliphatic heterocycles. The number of carboxylic acids is 1. The Labute approximate surface area is 94.9 Å². The van der Waals surface area contributed by atoms with Gasteiger partial charge in [-0.3, -0.25) is 10.1 Å². The molecule has 0 spiro atoms. The van der Waals surface area contributed by atoms with E-state index in [-0.39, 0.29) is 12.6 Å². The van der Waals surface area contributed by atoms with Crippen molar-refractivity contribution in [3.05, 3.63) is 35.9 Å². The maximum absolute atomic E-state index is 10.9. The van der Waals surface area contributed by atoms with Crippen LogP contribution in [0.15, 0.2) is 30.3 Å². The van der Waals surface area contributed by atoms with Crippen molar-refractivity contribution < 1.29 is 15.0 Å². The summed E-state index contributed by atoms with van der Waals surface area (Å²) in [5.41, 5.74) is 0.893. The first-order chi connectivity index (χ1) is 7.69. The van der Waals surface area contributed by atoms with Crippen molar-refractivity contribution in [1.29, 1.82) is 0 Å². The summed E-state index contributed by atoms with van der Waals surface area (Å²) in [5.74, 6) is -0.892. The second-order valence-electron chi connectivity index (χ2n) is 3.61. The molecular formula is C12H17NO3. The first-order valence-electron chi connectivity index (χ1n) is 5.33. The van der Waals surface area contributed by atoms with E-state index >= 15 is 0 Å². The average Bonchev–Trinajstić information content (AvgIpc) is 2.31. The largest absolute Gasteiger partial charge is 0.480 e. The van der Waals surface area contributed by atoms with E-state index in [0.717, 1.165) is 5.56 Å². The fourth-order valence-electron chi connectivity index (χ4n) is 1.55. The van der Waals surface area contributed by atoms with E-state index in [1.165, 1.54) is 0 Å². The van der Waals surface area contributed by atoms with Gasteiger partial charge in [-0.05, 0) is 12.0 Å². The van der Waals surface area contributed by atoms with Gasteiger partial charge in [0.25, 0.3) is 0 Å². The number of hydrogen-bond acceptors (Lipinski definition) is 3. The number of carbonyl (C=O) groups is 1. The molecule has 0 heterocycles. The lowest BCUT2D eigenvalue weighted by molar-refractivity contribution is -0.139. The molecule has 0 aliphatic carbocycles. The minimum atomic E-state index is -0.892. The van der Waals surface area contributed by atoms with Gasteiger partial charge < -0.3 is 10.2 Å². The van der Waals surface area contributed by atoms with Gasteiger partial charge in [-0.2, -0.15) is 0 Å². The molecule has 2 atom stereocenters. The highest BCUT2D eigenvalue weighted by Gasteiger charge is 2.19. The number of aliphatic hydroxyl groups excluding tert-OH is 1. The fraction of sp³-hybridized carbons (Fsp3) is 0.417. The quantitative estimate of drug-likeness (QED) is 0.677. The molecule has 16 heavy (non-hydrogen) atoms. The summed E-state index contributed by atoms with van der Waals surface area (Å²) < 4.78 is 0. The Bertz CT molecular complexity index is 326. The van der Waals surface area contributed by atoms with Crippen LogP contribution in [-0.2, 0) is 4.79 Å². The second kappa shape index (κ2) is 6.25. The lowest BCUT2D eigenvalue weighted by Crippen LogP contribution is -2.39. The highest BCUT2D eigenvalue weighted by Crippen LogP contribution is 2.13. The standard InChI is InChI=1S/C12H17NO3/c1-2-10(12(15)16)13-11(8-14)9-6-4-3-5-7-9/h3-7,10-11,13-14H,2,8H2,1H3,(H,15,16). The molecule has 0 amide bonds. The number of rotatable bonds is 6. The number of nitrogens with one attached hydrogen (secondary N) is 1. The zero-order valence-electron chi connectivity index (χ0n) is 9.26. The molecular weight excluding hydrogens is 206 g/mol. The van der Waals surface area contributed by atoms with Crippen LogP contribution in [0.1, 0.15) is 24.9 Å². The third kappa shape index (κ3) is 3.32. The third-order valence-corrected chi connectivity index (χ3v) is 2.49. The zero-order chi connectivity index (χ0) is 12.0. The molecule has 0 radical (unpaired) electrons. The Hall–Kier alpha value is -1.39. The SMILES string of the molecule is CCC(NC(CO)c1ccccc1)C(=O)O. The van der Waals surface area contributed by atoms with Crippen molar-refractivity contribution in [2.75, 3.05) is 6.61 Å². The van der Waals surface area contributed by atoms with Crippen molar-refractivity contribution >= 4 is 5.97 Å². The van der Waals surface area contributed by atoms with Crippen molar-refractivity contribution in [3.63, 3.8) is 0 Å². The molecule has 2 unspecified atom stereocenters. The minimum Gasteiger partial charge on any atom is -0.480 e. The Morgan fingerprint density at radius 3 is 2.44 bits per heavy atom. The van der Waals surface area contributed by atoms with Crippen molar-refractivity contribution in [2.24, 2.45) is 0 Å². The first-order valence-corrected chi connectivity index (χ1v) is 5.33. The fourth-order valence-corrected chi connectivity index (χ4v) is 1.55. The van der Waals surface area contributed by atoms with E-state index in [4.69, 9.17) is 5.11 Å². The second-order valence-corrected chi connectivity index (χ2v) is 3.61. The Kier molecular flexibility index (Phi) is 4.95. The summed E-state index contributed by atoms with van der Waals surface area (Å²) in [6, 6.07) is 8.37. The van der Waals surface area contributed by atoms with Crippen LogP contribution in [0.3, 0.4) is 0 Å². The van der Waals surface area contributed by atoms with Gasteiger partial charge in [-0.25, -0.2) is 0 Å². The monoisotopic (exact) mass is 223 g/mol. The van der Waals surface area contributed by atoms with Crippen molar-refractivity contribution in [1.82, 2.24) is 5.32 Å². The maximum Gasteiger partial charge on any atom is 0.320 e. The molecule has 0 saturated carbocycles. The van der Waals surface area contributed by atoms with E-state index < -0.39 is 12.0 Å². The van der Waals surface area contributed by atoms with Gasteiger partial charge in [0.05, 0.1) is 12.6 Å². The summed E-state index contributed by atoms with van der Waals surface area (Å²) in [6.45, 7) is 1.68. The van der Waals surface area contributed by atoms with Gasteiger partial charge >= 0.3 is 5.97 Å². The molecule has 1 aromatic rings. The van der Waals surface area contributed by atoms with E-state index in [2.05, 4.69) is 5.32 Å². The molecule has 4 heteroatoms. The number of aliphatic hydroxyl groups is 1. The number of hydrogen-bond donors (Lipinski definition) is 3. The average molecular weight is 223 g/mol. The molecule has 0 fully saturated rings. The smallest absolute Gasteiger partial charge is 0.320 e. The lowest BCUT2D eigenvalue weighted by atomic mass is 10.1. The molecule has 0 aromatic heterocycles. The van der Waals surface area contributed by atoms with Crippen LogP contribution in [0.25, 0.3) is 0 Å². The predicted molar refractivity (Wildman–Crippen MR) is 61.1 cm³/mol. The zero-order valence-corrected chi connectivity index (χ0v) is 9.26. The molecule has 0 bridgehead atoms. The van der Waals surface area contributed by atoms with E-state index in [1.54, 1.807) is 6.92 Å². The van der Waals surface area contributed by atoms with Crippen molar-refractivity contribution in [2.45, 2.75) is 25.4 Å². The molecule has 0 aliphatic rings. The summed E-state index contributed by atoms with van der Waals surface area (Å²) in [4.78, 5) is 10.9. The van der Waals surface area contributed by atoms with Crippen LogP contribution in [0.5, 0.6) is 0 Å². The predicted octanol–water partition coefficient (Wildman–Crippen LogP) is 1.17. The first kappa shape index (κ1) is 12.7. The van der Waals surface area contributed by atoms with Crippen LogP contribution in [0.4, 0.5) is 0 Å². The summed E-state index contributed by atoms with van der Waals surface area (Å²) in [5, 5.41) is 21.1. The van der Waals surface area contributed by atoms with Gasteiger partial charge in [-0.15, -0.1) is 0 Å². The van der Waals surface area contributed by atoms with Crippen molar-refractivity contribution in [3.8, 4) is 0 Å². The van der Waals surface area contributed by atoms with Gasteiger partial charge in [0.15, 0.2) is 0 Å². The van der Waals surface area contributed by atoms with Gasteiger partial charge in [-0.1, -0.05) is 37.3 Å². The van der Waals surface area contributed by atoms with Crippen LogP contribution < -0.4 is 5.32 Å². The highest BCUT2D eigenvalue weighted by molar-refractivity contribution is 5.73. The summed E-state index contributed by atoms with van der Waals surface area (Å²) in [7, 11) is 0. The number of benzene rings is 1. The van der Waals surface area contributed by atoms with Crippen LogP contribution in [0, 0.1) is 0 Å². The summed E-state index contributed by atoms with van der Waals surface area (Å²) >= 11 is 0. The Morgan fingerprint density at radius 1 is 1.38 bits per heavy atom. The topological polar surface area (TPSA) is 69.6 Å². The maximum atomic E-state index is 10.9. The molecule has 4 nitrogen and oxygen atoms in total. The van der Waals surface area contributed by atoms with Gasteiger partial charge in [0.2, 0.25) is 0 Å². The van der Waals surface area contributed by atoms with E-state index in [0.29, 0.717) is 6.42 Å². The number of carboxylic acid groups (broad SMARTS) is 1. The van der Waals surface area contributed by atoms with Crippen LogP contribution in [0.2, 0.25) is 0 Å². The van der Waals surface area contributed by atoms with Crippen LogP contribution >= 0.6 is 0 Å². The minimum absolute atomic E-state index is 0.117. The Balaban J connectivity index is 2.72. The number of aliphatic carboxylic acids is 1.